The Morgan fingerprint density at radius 2 is 1.84 bits per heavy atom. The number of fused-ring (bicyclic) bond motifs is 5. The fourth-order valence-corrected chi connectivity index (χ4v) is 8.87. The van der Waals surface area contributed by atoms with Crippen molar-refractivity contribution >= 4 is 0 Å². The molecule has 3 heteroatoms. The molecule has 31 heavy (non-hydrogen) atoms. The summed E-state index contributed by atoms with van der Waals surface area (Å²) in [6.45, 7) is 11.7. The molecule has 0 heterocycles. The van der Waals surface area contributed by atoms with Crippen LogP contribution in [0, 0.1) is 40.4 Å². The molecule has 2 N–H and O–H groups in total. The summed E-state index contributed by atoms with van der Waals surface area (Å²) >= 11 is 0. The third kappa shape index (κ3) is 3.75. The molecule has 0 radical (unpaired) electrons. The van der Waals surface area contributed by atoms with Gasteiger partial charge in [-0.05, 0) is 112 Å². The van der Waals surface area contributed by atoms with Gasteiger partial charge in [-0.3, -0.25) is 0 Å². The normalized spacial score (nSPS) is 45.3. The molecule has 0 spiro atoms. The van der Waals surface area contributed by atoms with Crippen LogP contribution >= 0.6 is 0 Å². The summed E-state index contributed by atoms with van der Waals surface area (Å²) in [4.78, 5) is 0. The second kappa shape index (κ2) is 8.44. The zero-order valence-electron chi connectivity index (χ0n) is 21.0. The molecular weight excluding hydrogens is 384 g/mol. The van der Waals surface area contributed by atoms with Crippen molar-refractivity contribution in [2.75, 3.05) is 7.11 Å². The molecule has 178 valence electrons. The van der Waals surface area contributed by atoms with E-state index < -0.39 is 11.7 Å². The van der Waals surface area contributed by atoms with Crippen LogP contribution in [-0.4, -0.2) is 35.1 Å². The SMILES string of the molecule is CO[C@@](C)(C1CCC2C3CC=C4CC(O)CC[C@]4(C)C3CC[C@@]21C)[C@@H](O)CCC(C)C. The molecule has 0 aliphatic heterocycles. The molecule has 4 aliphatic carbocycles. The van der Waals surface area contributed by atoms with E-state index >= 15 is 0 Å². The zero-order chi connectivity index (χ0) is 22.6. The second-order valence-electron chi connectivity index (χ2n) is 12.7. The van der Waals surface area contributed by atoms with Crippen LogP contribution in [0.3, 0.4) is 0 Å². The van der Waals surface area contributed by atoms with E-state index in [4.69, 9.17) is 4.74 Å². The van der Waals surface area contributed by atoms with Crippen LogP contribution in [0.15, 0.2) is 11.6 Å². The first-order chi connectivity index (χ1) is 14.6. The lowest BCUT2D eigenvalue weighted by molar-refractivity contribution is -0.168. The van der Waals surface area contributed by atoms with Crippen LogP contribution in [0.4, 0.5) is 0 Å². The van der Waals surface area contributed by atoms with E-state index in [9.17, 15) is 10.2 Å². The first kappa shape index (κ1) is 23.8. The Morgan fingerprint density at radius 3 is 2.52 bits per heavy atom. The van der Waals surface area contributed by atoms with Gasteiger partial charge in [0.05, 0.1) is 17.8 Å². The predicted molar refractivity (Wildman–Crippen MR) is 127 cm³/mol. The van der Waals surface area contributed by atoms with Crippen LogP contribution in [0.2, 0.25) is 0 Å². The van der Waals surface area contributed by atoms with Crippen molar-refractivity contribution in [3.63, 3.8) is 0 Å². The number of aliphatic hydroxyl groups is 2. The van der Waals surface area contributed by atoms with Gasteiger partial charge in [0.25, 0.3) is 0 Å². The average molecular weight is 433 g/mol. The number of hydrogen-bond acceptors (Lipinski definition) is 3. The Hall–Kier alpha value is -0.380. The number of hydrogen-bond donors (Lipinski definition) is 2. The maximum absolute atomic E-state index is 11.3. The van der Waals surface area contributed by atoms with Crippen LogP contribution in [-0.2, 0) is 4.74 Å². The molecular formula is C28H48O3. The van der Waals surface area contributed by atoms with Crippen molar-refractivity contribution in [3.05, 3.63) is 11.6 Å². The molecule has 3 saturated carbocycles. The van der Waals surface area contributed by atoms with Crippen molar-refractivity contribution in [2.24, 2.45) is 40.4 Å². The maximum Gasteiger partial charge on any atom is 0.0941 e. The van der Waals surface area contributed by atoms with Crippen molar-refractivity contribution < 1.29 is 14.9 Å². The van der Waals surface area contributed by atoms with E-state index in [-0.39, 0.29) is 11.5 Å². The lowest BCUT2D eigenvalue weighted by Crippen LogP contribution is -2.56. The average Bonchev–Trinajstić information content (AvgIpc) is 3.09. The summed E-state index contributed by atoms with van der Waals surface area (Å²) in [7, 11) is 1.82. The summed E-state index contributed by atoms with van der Waals surface area (Å²) in [5.41, 5.74) is 1.64. The molecule has 9 atom stereocenters. The van der Waals surface area contributed by atoms with E-state index in [0.29, 0.717) is 17.3 Å². The van der Waals surface area contributed by atoms with E-state index in [0.717, 1.165) is 49.9 Å². The van der Waals surface area contributed by atoms with Crippen molar-refractivity contribution in [3.8, 4) is 0 Å². The fourth-order valence-electron chi connectivity index (χ4n) is 8.87. The monoisotopic (exact) mass is 432 g/mol. The Bertz CT molecular complexity index is 686. The summed E-state index contributed by atoms with van der Waals surface area (Å²) in [6, 6.07) is 0. The molecule has 0 bridgehead atoms. The molecule has 4 rings (SSSR count). The first-order valence-corrected chi connectivity index (χ1v) is 13.2. The Morgan fingerprint density at radius 1 is 1.10 bits per heavy atom. The molecule has 3 fully saturated rings. The van der Waals surface area contributed by atoms with Gasteiger partial charge in [0.2, 0.25) is 0 Å². The van der Waals surface area contributed by atoms with Crippen LogP contribution in [0.25, 0.3) is 0 Å². The highest BCUT2D eigenvalue weighted by atomic mass is 16.5. The van der Waals surface area contributed by atoms with Gasteiger partial charge >= 0.3 is 0 Å². The molecule has 0 aromatic carbocycles. The van der Waals surface area contributed by atoms with Crippen molar-refractivity contribution in [1.82, 2.24) is 0 Å². The number of ether oxygens (including phenoxy) is 1. The van der Waals surface area contributed by atoms with Crippen LogP contribution in [0.5, 0.6) is 0 Å². The van der Waals surface area contributed by atoms with Gasteiger partial charge < -0.3 is 14.9 Å². The maximum atomic E-state index is 11.3. The fraction of sp³-hybridized carbons (Fsp3) is 0.929. The van der Waals surface area contributed by atoms with E-state index in [2.05, 4.69) is 40.7 Å². The highest BCUT2D eigenvalue weighted by molar-refractivity contribution is 5.25. The highest BCUT2D eigenvalue weighted by Crippen LogP contribution is 2.68. The summed E-state index contributed by atoms with van der Waals surface area (Å²) in [5.74, 6) is 3.27. The Balaban J connectivity index is 1.58. The molecule has 0 aromatic rings. The molecule has 0 aromatic heterocycles. The quantitative estimate of drug-likeness (QED) is 0.497. The van der Waals surface area contributed by atoms with Gasteiger partial charge in [-0.15, -0.1) is 0 Å². The topological polar surface area (TPSA) is 49.7 Å². The minimum Gasteiger partial charge on any atom is -0.393 e. The van der Waals surface area contributed by atoms with Gasteiger partial charge in [-0.1, -0.05) is 39.3 Å². The van der Waals surface area contributed by atoms with E-state index in [1.54, 1.807) is 5.57 Å². The van der Waals surface area contributed by atoms with Crippen LogP contribution in [0.1, 0.15) is 98.8 Å². The third-order valence-corrected chi connectivity index (χ3v) is 10.9. The molecule has 5 unspecified atom stereocenters. The lowest BCUT2D eigenvalue weighted by atomic mass is 9.46. The predicted octanol–water partition coefficient (Wildman–Crippen LogP) is 6.13. The Labute approximate surface area is 191 Å². The number of allylic oxidation sites excluding steroid dienone is 1. The van der Waals surface area contributed by atoms with Gasteiger partial charge in [0.15, 0.2) is 0 Å². The minimum atomic E-state index is -0.459. The zero-order valence-corrected chi connectivity index (χ0v) is 21.0. The smallest absolute Gasteiger partial charge is 0.0941 e. The highest BCUT2D eigenvalue weighted by Gasteiger charge is 2.62. The van der Waals surface area contributed by atoms with Gasteiger partial charge in [-0.25, -0.2) is 0 Å². The van der Waals surface area contributed by atoms with E-state index in [1.165, 1.54) is 32.1 Å². The van der Waals surface area contributed by atoms with Crippen LogP contribution < -0.4 is 0 Å². The van der Waals surface area contributed by atoms with E-state index in [1.807, 2.05) is 7.11 Å². The van der Waals surface area contributed by atoms with Crippen molar-refractivity contribution in [2.45, 2.75) is 117 Å². The molecule has 0 amide bonds. The standard InChI is InChI=1S/C28H48O3/c1-18(2)7-12-25(30)28(5,31-6)24-11-10-22-21-9-8-19-17-20(29)13-15-26(19,3)23(21)14-16-27(22,24)4/h8,18,20-25,29-30H,7,9-17H2,1-6H3/t20?,21?,22?,23?,24?,25-,26-,27-,28-/m0/s1. The minimum absolute atomic E-state index is 0.129. The molecule has 4 aliphatic rings. The summed E-state index contributed by atoms with van der Waals surface area (Å²) in [5, 5.41) is 21.5. The number of aliphatic hydroxyl groups excluding tert-OH is 2. The molecule has 3 nitrogen and oxygen atoms in total. The number of rotatable bonds is 6. The first-order valence-electron chi connectivity index (χ1n) is 13.2. The van der Waals surface area contributed by atoms with Gasteiger partial charge in [0, 0.05) is 7.11 Å². The second-order valence-corrected chi connectivity index (χ2v) is 12.7. The van der Waals surface area contributed by atoms with Gasteiger partial charge in [-0.2, -0.15) is 0 Å². The number of methoxy groups -OCH3 is 1. The largest absolute Gasteiger partial charge is 0.393 e. The third-order valence-electron chi connectivity index (χ3n) is 10.9. The molecule has 0 saturated heterocycles. The van der Waals surface area contributed by atoms with Gasteiger partial charge in [0.1, 0.15) is 0 Å². The lowest BCUT2D eigenvalue weighted by Gasteiger charge is -2.59. The Kier molecular flexibility index (Phi) is 6.47. The van der Waals surface area contributed by atoms with Crippen molar-refractivity contribution in [1.29, 1.82) is 0 Å². The summed E-state index contributed by atoms with van der Waals surface area (Å²) in [6.07, 6.45) is 13.1. The summed E-state index contributed by atoms with van der Waals surface area (Å²) < 4.78 is 6.19.